The number of rotatable bonds is 6. The van der Waals surface area contributed by atoms with Gasteiger partial charge in [-0.1, -0.05) is 20.8 Å². The van der Waals surface area contributed by atoms with Gasteiger partial charge >= 0.3 is 5.97 Å². The Morgan fingerprint density at radius 3 is 2.24 bits per heavy atom. The molecule has 0 aliphatic carbocycles. The van der Waals surface area contributed by atoms with Crippen molar-refractivity contribution in [1.29, 1.82) is 0 Å². The summed E-state index contributed by atoms with van der Waals surface area (Å²) in [7, 11) is 1.39. The van der Waals surface area contributed by atoms with Gasteiger partial charge in [0.15, 0.2) is 0 Å². The quantitative estimate of drug-likeness (QED) is 0.785. The number of carbonyl (C=O) groups excluding carboxylic acids is 1. The molecule has 21 heavy (non-hydrogen) atoms. The normalized spacial score (nSPS) is 11.1. The van der Waals surface area contributed by atoms with Crippen molar-refractivity contribution < 1.29 is 9.53 Å². The van der Waals surface area contributed by atoms with E-state index in [9.17, 15) is 4.79 Å². The van der Waals surface area contributed by atoms with Crippen LogP contribution in [-0.2, 0) is 14.9 Å². The molecule has 1 heterocycles. The summed E-state index contributed by atoms with van der Waals surface area (Å²) in [5.41, 5.74) is 0.811. The van der Waals surface area contributed by atoms with E-state index in [0.29, 0.717) is 13.0 Å². The van der Waals surface area contributed by atoms with Crippen molar-refractivity contribution in [2.24, 2.45) is 0 Å². The van der Waals surface area contributed by atoms with Crippen molar-refractivity contribution in [1.82, 2.24) is 9.97 Å². The molecule has 6 nitrogen and oxygen atoms in total. The maximum absolute atomic E-state index is 11.2. The lowest BCUT2D eigenvalue weighted by Gasteiger charge is -2.21. The van der Waals surface area contributed by atoms with Crippen molar-refractivity contribution in [3.05, 3.63) is 11.4 Å². The van der Waals surface area contributed by atoms with Gasteiger partial charge in [-0.25, -0.2) is 9.97 Å². The van der Waals surface area contributed by atoms with E-state index in [0.717, 1.165) is 29.6 Å². The zero-order chi connectivity index (χ0) is 16.0. The average Bonchev–Trinajstić information content (AvgIpc) is 2.41. The minimum atomic E-state index is -0.239. The van der Waals surface area contributed by atoms with Gasteiger partial charge in [0, 0.05) is 24.1 Å². The molecule has 0 amide bonds. The monoisotopic (exact) mass is 294 g/mol. The Bertz CT molecular complexity index is 495. The molecule has 0 bridgehead atoms. The van der Waals surface area contributed by atoms with Crippen LogP contribution in [0.5, 0.6) is 0 Å². The van der Waals surface area contributed by atoms with Crippen molar-refractivity contribution in [3.8, 4) is 0 Å². The summed E-state index contributed by atoms with van der Waals surface area (Å²) in [5, 5.41) is 6.45. The van der Waals surface area contributed by atoms with Gasteiger partial charge < -0.3 is 15.4 Å². The fraction of sp³-hybridized carbons (Fsp3) is 0.667. The highest BCUT2D eigenvalue weighted by Crippen LogP contribution is 2.26. The number of hydrogen-bond acceptors (Lipinski definition) is 6. The fourth-order valence-corrected chi connectivity index (χ4v) is 1.75. The Kier molecular flexibility index (Phi) is 5.93. The first-order valence-electron chi connectivity index (χ1n) is 7.23. The lowest BCUT2D eigenvalue weighted by Crippen LogP contribution is -2.20. The van der Waals surface area contributed by atoms with E-state index < -0.39 is 0 Å². The van der Waals surface area contributed by atoms with Crippen molar-refractivity contribution in [3.63, 3.8) is 0 Å². The molecule has 0 radical (unpaired) electrons. The highest BCUT2D eigenvalue weighted by atomic mass is 16.5. The minimum absolute atomic E-state index is 0.142. The van der Waals surface area contributed by atoms with Crippen LogP contribution in [0.3, 0.4) is 0 Å². The van der Waals surface area contributed by atoms with Crippen LogP contribution < -0.4 is 10.6 Å². The zero-order valence-electron chi connectivity index (χ0n) is 13.8. The van der Waals surface area contributed by atoms with E-state index >= 15 is 0 Å². The standard InChI is InChI=1S/C15H26N4O2/c1-7-16-12-10(2)13(17-9-8-11(20)21-6)19-14(18-12)15(3,4)5/h7-9H2,1-6H3,(H2,16,17,18,19). The number of anilines is 2. The Balaban J connectivity index is 3.00. The number of esters is 1. The van der Waals surface area contributed by atoms with Gasteiger partial charge in [0.1, 0.15) is 17.5 Å². The van der Waals surface area contributed by atoms with Crippen LogP contribution in [0.4, 0.5) is 11.6 Å². The van der Waals surface area contributed by atoms with E-state index in [1.807, 2.05) is 13.8 Å². The first-order chi connectivity index (χ1) is 9.79. The summed E-state index contributed by atoms with van der Waals surface area (Å²) in [6, 6.07) is 0. The maximum Gasteiger partial charge on any atom is 0.307 e. The molecule has 0 aliphatic rings. The summed E-state index contributed by atoms with van der Waals surface area (Å²) in [6.07, 6.45) is 0.307. The highest BCUT2D eigenvalue weighted by molar-refractivity contribution is 5.70. The molecule has 0 saturated heterocycles. The number of nitrogens with one attached hydrogen (secondary N) is 2. The second kappa shape index (κ2) is 7.24. The predicted molar refractivity (Wildman–Crippen MR) is 84.8 cm³/mol. The summed E-state index contributed by atoms with van der Waals surface area (Å²) >= 11 is 0. The van der Waals surface area contributed by atoms with Crippen LogP contribution in [0.2, 0.25) is 0 Å². The summed E-state index contributed by atoms with van der Waals surface area (Å²) in [5.74, 6) is 2.12. The molecule has 0 saturated carbocycles. The maximum atomic E-state index is 11.2. The summed E-state index contributed by atoms with van der Waals surface area (Å²) < 4.78 is 4.63. The van der Waals surface area contributed by atoms with Gasteiger partial charge in [0.05, 0.1) is 13.5 Å². The Morgan fingerprint density at radius 2 is 1.76 bits per heavy atom. The Labute approximate surface area is 126 Å². The molecule has 0 fully saturated rings. The van der Waals surface area contributed by atoms with E-state index in [4.69, 9.17) is 0 Å². The zero-order valence-corrected chi connectivity index (χ0v) is 13.8. The van der Waals surface area contributed by atoms with E-state index in [1.165, 1.54) is 7.11 Å². The van der Waals surface area contributed by atoms with E-state index in [-0.39, 0.29) is 11.4 Å². The lowest BCUT2D eigenvalue weighted by molar-refractivity contribution is -0.140. The Morgan fingerprint density at radius 1 is 1.19 bits per heavy atom. The molecule has 6 heteroatoms. The summed E-state index contributed by atoms with van der Waals surface area (Å²) in [4.78, 5) is 20.4. The van der Waals surface area contributed by atoms with Crippen molar-refractivity contribution >= 4 is 17.6 Å². The third-order valence-electron chi connectivity index (χ3n) is 3.01. The number of nitrogens with zero attached hydrogens (tertiary/aromatic N) is 2. The van der Waals surface area contributed by atoms with Crippen LogP contribution in [0, 0.1) is 6.92 Å². The second-order valence-corrected chi connectivity index (χ2v) is 5.90. The minimum Gasteiger partial charge on any atom is -0.469 e. The van der Waals surface area contributed by atoms with Crippen molar-refractivity contribution in [2.45, 2.75) is 46.5 Å². The SMILES string of the molecule is CCNc1nc(C(C)(C)C)nc(NCCC(=O)OC)c1C. The molecule has 1 aromatic rings. The second-order valence-electron chi connectivity index (χ2n) is 5.90. The van der Waals surface area contributed by atoms with Crippen LogP contribution in [0.25, 0.3) is 0 Å². The number of ether oxygens (including phenoxy) is 1. The molecule has 1 aromatic heterocycles. The van der Waals surface area contributed by atoms with Crippen molar-refractivity contribution in [2.75, 3.05) is 30.8 Å². The number of aromatic nitrogens is 2. The average molecular weight is 294 g/mol. The smallest absolute Gasteiger partial charge is 0.307 e. The number of hydrogen-bond donors (Lipinski definition) is 2. The molecular formula is C15H26N4O2. The number of carbonyl (C=O) groups is 1. The third-order valence-corrected chi connectivity index (χ3v) is 3.01. The molecular weight excluding hydrogens is 268 g/mol. The molecule has 0 spiro atoms. The third kappa shape index (κ3) is 4.88. The predicted octanol–water partition coefficient (Wildman–Crippen LogP) is 2.49. The molecule has 0 aliphatic heterocycles. The molecule has 1 rings (SSSR count). The van der Waals surface area contributed by atoms with Gasteiger partial charge in [0.25, 0.3) is 0 Å². The first-order valence-corrected chi connectivity index (χ1v) is 7.23. The first kappa shape index (κ1) is 17.2. The largest absolute Gasteiger partial charge is 0.469 e. The fourth-order valence-electron chi connectivity index (χ4n) is 1.75. The number of methoxy groups -OCH3 is 1. The van der Waals surface area contributed by atoms with Crippen LogP contribution >= 0.6 is 0 Å². The van der Waals surface area contributed by atoms with Gasteiger partial charge in [-0.15, -0.1) is 0 Å². The topological polar surface area (TPSA) is 76.1 Å². The molecule has 0 unspecified atom stereocenters. The van der Waals surface area contributed by atoms with Gasteiger partial charge in [-0.05, 0) is 13.8 Å². The highest BCUT2D eigenvalue weighted by Gasteiger charge is 2.21. The summed E-state index contributed by atoms with van der Waals surface area (Å²) in [6.45, 7) is 11.5. The molecule has 0 aromatic carbocycles. The van der Waals surface area contributed by atoms with Gasteiger partial charge in [-0.2, -0.15) is 0 Å². The van der Waals surface area contributed by atoms with Crippen LogP contribution in [-0.4, -0.2) is 36.1 Å². The van der Waals surface area contributed by atoms with E-state index in [2.05, 4.69) is 46.1 Å². The lowest BCUT2D eigenvalue weighted by atomic mass is 9.95. The van der Waals surface area contributed by atoms with Crippen LogP contribution in [0.15, 0.2) is 0 Å². The van der Waals surface area contributed by atoms with Crippen LogP contribution in [0.1, 0.15) is 45.5 Å². The van der Waals surface area contributed by atoms with Gasteiger partial charge in [-0.3, -0.25) is 4.79 Å². The molecule has 118 valence electrons. The van der Waals surface area contributed by atoms with Gasteiger partial charge in [0.2, 0.25) is 0 Å². The molecule has 0 atom stereocenters. The van der Waals surface area contributed by atoms with E-state index in [1.54, 1.807) is 0 Å². The Hall–Kier alpha value is -1.85. The molecule has 2 N–H and O–H groups in total.